The average Bonchev–Trinajstić information content (AvgIpc) is 2.71. The number of carbonyl (C=O) groups excluding carboxylic acids is 1. The highest BCUT2D eigenvalue weighted by molar-refractivity contribution is 5.73. The van der Waals surface area contributed by atoms with Gasteiger partial charge in [0.15, 0.2) is 0 Å². The molecule has 27 heavy (non-hydrogen) atoms. The van der Waals surface area contributed by atoms with E-state index in [9.17, 15) is 4.79 Å². The first-order valence-electron chi connectivity index (χ1n) is 11.0. The van der Waals surface area contributed by atoms with E-state index < -0.39 is 0 Å². The van der Waals surface area contributed by atoms with Crippen molar-refractivity contribution in [2.45, 2.75) is 63.3 Å². The third-order valence-electron chi connectivity index (χ3n) is 7.32. The fourth-order valence-corrected chi connectivity index (χ4v) is 5.65. The summed E-state index contributed by atoms with van der Waals surface area (Å²) < 4.78 is 0. The summed E-state index contributed by atoms with van der Waals surface area (Å²) >= 11 is 0. The second-order valence-electron chi connectivity index (χ2n) is 8.98. The number of carbonyl (C=O) groups is 1. The minimum atomic E-state index is 0.0819. The Kier molecular flexibility index (Phi) is 5.84. The fourth-order valence-electron chi connectivity index (χ4n) is 5.65. The van der Waals surface area contributed by atoms with Crippen molar-refractivity contribution in [2.24, 2.45) is 5.92 Å². The number of piperidine rings is 2. The van der Waals surface area contributed by atoms with Gasteiger partial charge in [0.2, 0.25) is 5.91 Å². The van der Waals surface area contributed by atoms with E-state index in [4.69, 9.17) is 0 Å². The quantitative estimate of drug-likeness (QED) is 0.855. The molecule has 2 heterocycles. The highest BCUT2D eigenvalue weighted by Gasteiger charge is 2.41. The van der Waals surface area contributed by atoms with E-state index in [2.05, 4.69) is 39.8 Å². The summed E-state index contributed by atoms with van der Waals surface area (Å²) in [6.45, 7) is 7.78. The first kappa shape index (κ1) is 18.9. The molecule has 1 atom stereocenters. The van der Waals surface area contributed by atoms with Gasteiger partial charge < -0.3 is 15.5 Å². The number of likely N-dealkylation sites (tertiary alicyclic amines) is 1. The molecule has 4 rings (SSSR count). The van der Waals surface area contributed by atoms with Crippen LogP contribution in [-0.2, 0) is 10.2 Å². The molecule has 2 saturated heterocycles. The third kappa shape index (κ3) is 4.22. The molecular weight excluding hydrogens is 334 g/mol. The molecule has 0 saturated carbocycles. The number of hydrogen-bond donors (Lipinski definition) is 2. The van der Waals surface area contributed by atoms with Gasteiger partial charge in [-0.2, -0.15) is 0 Å². The Morgan fingerprint density at radius 3 is 2.63 bits per heavy atom. The van der Waals surface area contributed by atoms with Crippen LogP contribution in [0, 0.1) is 5.92 Å². The molecule has 4 nitrogen and oxygen atoms in total. The molecule has 4 heteroatoms. The van der Waals surface area contributed by atoms with Crippen LogP contribution in [0.5, 0.6) is 0 Å². The molecule has 2 fully saturated rings. The lowest BCUT2D eigenvalue weighted by Gasteiger charge is -2.47. The van der Waals surface area contributed by atoms with Crippen molar-refractivity contribution in [1.29, 1.82) is 0 Å². The van der Waals surface area contributed by atoms with Crippen LogP contribution in [0.25, 0.3) is 0 Å². The zero-order valence-corrected chi connectivity index (χ0v) is 16.8. The predicted molar refractivity (Wildman–Crippen MR) is 110 cm³/mol. The molecule has 0 unspecified atom stereocenters. The maximum absolute atomic E-state index is 11.6. The number of hydrogen-bond acceptors (Lipinski definition) is 3. The van der Waals surface area contributed by atoms with Crippen LogP contribution in [0.4, 0.5) is 0 Å². The molecular formula is C23H35N3O. The summed E-state index contributed by atoms with van der Waals surface area (Å²) in [5, 5.41) is 6.65. The Morgan fingerprint density at radius 1 is 1.15 bits per heavy atom. The van der Waals surface area contributed by atoms with Gasteiger partial charge in [-0.25, -0.2) is 0 Å². The minimum absolute atomic E-state index is 0.0819. The summed E-state index contributed by atoms with van der Waals surface area (Å²) in [7, 11) is 0. The number of fused-ring (bicyclic) bond motifs is 2. The van der Waals surface area contributed by atoms with E-state index in [-0.39, 0.29) is 11.9 Å². The van der Waals surface area contributed by atoms with Crippen LogP contribution in [0.3, 0.4) is 0 Å². The smallest absolute Gasteiger partial charge is 0.217 e. The van der Waals surface area contributed by atoms with Gasteiger partial charge in [0.25, 0.3) is 0 Å². The van der Waals surface area contributed by atoms with Crippen LogP contribution < -0.4 is 10.6 Å². The number of rotatable bonds is 4. The first-order chi connectivity index (χ1) is 13.2. The molecule has 148 valence electrons. The predicted octanol–water partition coefficient (Wildman–Crippen LogP) is 3.38. The maximum Gasteiger partial charge on any atom is 0.217 e. The van der Waals surface area contributed by atoms with Crippen molar-refractivity contribution in [3.8, 4) is 0 Å². The summed E-state index contributed by atoms with van der Waals surface area (Å²) in [6, 6.07) is 9.07. The van der Waals surface area contributed by atoms with Crippen molar-refractivity contribution in [2.75, 3.05) is 32.7 Å². The number of nitrogens with one attached hydrogen (secondary N) is 2. The second-order valence-corrected chi connectivity index (χ2v) is 8.98. The lowest BCUT2D eigenvalue weighted by Crippen LogP contribution is -2.46. The largest absolute Gasteiger partial charge is 0.350 e. The summed E-state index contributed by atoms with van der Waals surface area (Å²) in [5.41, 5.74) is 3.20. The van der Waals surface area contributed by atoms with Gasteiger partial charge in [-0.05, 0) is 100 Å². The normalized spacial score (nSPS) is 25.9. The lowest BCUT2D eigenvalue weighted by atomic mass is 9.63. The van der Waals surface area contributed by atoms with Crippen molar-refractivity contribution in [3.63, 3.8) is 0 Å². The van der Waals surface area contributed by atoms with Gasteiger partial charge in [-0.1, -0.05) is 24.3 Å². The van der Waals surface area contributed by atoms with Crippen molar-refractivity contribution >= 4 is 5.91 Å². The highest BCUT2D eigenvalue weighted by atomic mass is 16.1. The second kappa shape index (κ2) is 8.32. The molecule has 2 aliphatic heterocycles. The third-order valence-corrected chi connectivity index (χ3v) is 7.32. The van der Waals surface area contributed by atoms with Gasteiger partial charge in [0.05, 0.1) is 6.04 Å². The van der Waals surface area contributed by atoms with Crippen LogP contribution in [0.2, 0.25) is 0 Å². The lowest BCUT2D eigenvalue weighted by molar-refractivity contribution is -0.119. The van der Waals surface area contributed by atoms with E-state index in [0.29, 0.717) is 5.41 Å². The highest BCUT2D eigenvalue weighted by Crippen LogP contribution is 2.47. The van der Waals surface area contributed by atoms with Crippen LogP contribution in [0.15, 0.2) is 24.3 Å². The molecule has 0 radical (unpaired) electrons. The molecule has 1 aromatic carbocycles. The van der Waals surface area contributed by atoms with Crippen LogP contribution in [-0.4, -0.2) is 43.5 Å². The maximum atomic E-state index is 11.6. The Labute approximate surface area is 164 Å². The SMILES string of the molecule is CC(=O)N[C@H]1CCC2(CCN(CCC3CCNCC3)CC2)c2ccccc21. The zero-order valence-electron chi connectivity index (χ0n) is 16.8. The summed E-state index contributed by atoms with van der Waals surface area (Å²) in [4.78, 5) is 14.3. The van der Waals surface area contributed by atoms with E-state index in [1.807, 2.05) is 0 Å². The van der Waals surface area contributed by atoms with E-state index in [1.165, 1.54) is 82.4 Å². The van der Waals surface area contributed by atoms with Crippen LogP contribution >= 0.6 is 0 Å². The average molecular weight is 370 g/mol. The Bertz CT molecular complexity index is 645. The Hall–Kier alpha value is -1.39. The van der Waals surface area contributed by atoms with Crippen molar-refractivity contribution < 1.29 is 4.79 Å². The van der Waals surface area contributed by atoms with Crippen LogP contribution in [0.1, 0.15) is 69.0 Å². The Balaban J connectivity index is 1.39. The van der Waals surface area contributed by atoms with E-state index in [0.717, 1.165) is 12.3 Å². The standard InChI is InChI=1S/C23H35N3O/c1-18(27)25-22-6-10-23(21-5-3-2-4-20(21)22)11-16-26(17-12-23)15-9-19-7-13-24-14-8-19/h2-5,19,22,24H,6-17H2,1H3,(H,25,27)/t22-/m0/s1. The van der Waals surface area contributed by atoms with E-state index >= 15 is 0 Å². The van der Waals surface area contributed by atoms with Crippen molar-refractivity contribution in [1.82, 2.24) is 15.5 Å². The summed E-state index contributed by atoms with van der Waals surface area (Å²) in [5.74, 6) is 1.01. The molecule has 1 aromatic rings. The van der Waals surface area contributed by atoms with Gasteiger partial charge in [-0.15, -0.1) is 0 Å². The van der Waals surface area contributed by atoms with Crippen molar-refractivity contribution in [3.05, 3.63) is 35.4 Å². The molecule has 0 aromatic heterocycles. The minimum Gasteiger partial charge on any atom is -0.350 e. The van der Waals surface area contributed by atoms with Gasteiger partial charge in [-0.3, -0.25) is 4.79 Å². The van der Waals surface area contributed by atoms with E-state index in [1.54, 1.807) is 6.92 Å². The van der Waals surface area contributed by atoms with Gasteiger partial charge in [0.1, 0.15) is 0 Å². The zero-order chi connectivity index (χ0) is 18.7. The molecule has 1 amide bonds. The number of amides is 1. The molecule has 3 aliphatic rings. The number of nitrogens with zero attached hydrogens (tertiary/aromatic N) is 1. The molecule has 1 spiro atoms. The Morgan fingerprint density at radius 2 is 1.89 bits per heavy atom. The fraction of sp³-hybridized carbons (Fsp3) is 0.696. The monoisotopic (exact) mass is 369 g/mol. The van der Waals surface area contributed by atoms with Gasteiger partial charge in [0, 0.05) is 6.92 Å². The topological polar surface area (TPSA) is 44.4 Å². The first-order valence-corrected chi connectivity index (χ1v) is 11.0. The summed E-state index contributed by atoms with van der Waals surface area (Å²) in [6.07, 6.45) is 8.90. The molecule has 2 N–H and O–H groups in total. The molecule has 0 bridgehead atoms. The molecule has 1 aliphatic carbocycles. The number of benzene rings is 1. The van der Waals surface area contributed by atoms with Gasteiger partial charge >= 0.3 is 0 Å².